The average molecular weight is 435 g/mol. The normalized spacial score (nSPS) is 11.6. The van der Waals surface area contributed by atoms with Crippen LogP contribution in [0.3, 0.4) is 0 Å². The molecule has 0 unspecified atom stereocenters. The number of benzene rings is 3. The summed E-state index contributed by atoms with van der Waals surface area (Å²) in [5.41, 5.74) is 0.902. The molecule has 3 rings (SSSR count). The van der Waals surface area contributed by atoms with Gasteiger partial charge in [0.25, 0.3) is 5.91 Å². The molecular formula is C26H30N2O4. The lowest BCUT2D eigenvalue weighted by molar-refractivity contribution is -0.142. The predicted octanol–water partition coefficient (Wildman–Crippen LogP) is 4.17. The van der Waals surface area contributed by atoms with Gasteiger partial charge in [0.05, 0.1) is 7.11 Å². The average Bonchev–Trinajstić information content (AvgIpc) is 2.84. The Balaban J connectivity index is 1.77. The molecule has 32 heavy (non-hydrogen) atoms. The van der Waals surface area contributed by atoms with Crippen LogP contribution in [0.2, 0.25) is 0 Å². The number of fused-ring (bicyclic) bond motifs is 1. The van der Waals surface area contributed by atoms with Crippen LogP contribution in [0.4, 0.5) is 0 Å². The van der Waals surface area contributed by atoms with Crippen molar-refractivity contribution in [1.82, 2.24) is 10.2 Å². The molecule has 0 aromatic heterocycles. The van der Waals surface area contributed by atoms with E-state index in [0.29, 0.717) is 18.8 Å². The molecule has 3 aromatic rings. The van der Waals surface area contributed by atoms with E-state index in [4.69, 9.17) is 9.47 Å². The molecule has 6 heteroatoms. The van der Waals surface area contributed by atoms with Crippen LogP contribution in [0.15, 0.2) is 66.7 Å². The molecule has 168 valence electrons. The van der Waals surface area contributed by atoms with Crippen LogP contribution in [0.5, 0.6) is 11.5 Å². The second-order valence-corrected chi connectivity index (χ2v) is 7.60. The van der Waals surface area contributed by atoms with Crippen LogP contribution < -0.4 is 14.8 Å². The van der Waals surface area contributed by atoms with Crippen molar-refractivity contribution in [3.8, 4) is 11.5 Å². The van der Waals surface area contributed by atoms with Crippen LogP contribution in [-0.2, 0) is 16.1 Å². The second-order valence-electron chi connectivity index (χ2n) is 7.60. The molecule has 0 bridgehead atoms. The maximum absolute atomic E-state index is 13.2. The molecule has 0 aliphatic heterocycles. The van der Waals surface area contributed by atoms with E-state index in [-0.39, 0.29) is 18.4 Å². The summed E-state index contributed by atoms with van der Waals surface area (Å²) in [4.78, 5) is 27.4. The third-order valence-electron chi connectivity index (χ3n) is 5.33. The first-order chi connectivity index (χ1) is 15.5. The van der Waals surface area contributed by atoms with Crippen molar-refractivity contribution in [2.75, 3.05) is 20.3 Å². The number of carbonyl (C=O) groups is 2. The predicted molar refractivity (Wildman–Crippen MR) is 126 cm³/mol. The molecule has 1 atom stereocenters. The molecule has 0 fully saturated rings. The largest absolute Gasteiger partial charge is 0.497 e. The number of ether oxygens (including phenoxy) is 2. The number of nitrogens with zero attached hydrogens (tertiary/aromatic N) is 1. The summed E-state index contributed by atoms with van der Waals surface area (Å²) < 4.78 is 11.1. The first kappa shape index (κ1) is 23.1. The summed E-state index contributed by atoms with van der Waals surface area (Å²) >= 11 is 0. The highest BCUT2D eigenvalue weighted by Gasteiger charge is 2.26. The maximum atomic E-state index is 13.2. The van der Waals surface area contributed by atoms with Gasteiger partial charge in [0.1, 0.15) is 17.5 Å². The fourth-order valence-corrected chi connectivity index (χ4v) is 3.45. The van der Waals surface area contributed by atoms with Gasteiger partial charge in [0.15, 0.2) is 6.61 Å². The van der Waals surface area contributed by atoms with E-state index in [2.05, 4.69) is 5.32 Å². The highest BCUT2D eigenvalue weighted by molar-refractivity contribution is 5.90. The lowest BCUT2D eigenvalue weighted by atomic mass is 10.1. The standard InChI is InChI=1S/C26H30N2O4/c1-4-16-27-26(30)19(2)28(17-20-12-14-22(31-3)15-13-20)25(29)18-32-24-11-7-9-21-8-5-6-10-23(21)24/h5-15,19H,4,16-18H2,1-3H3,(H,27,30)/t19-/m1/s1. The van der Waals surface area contributed by atoms with Crippen molar-refractivity contribution in [2.24, 2.45) is 0 Å². The SMILES string of the molecule is CCCNC(=O)[C@@H](C)N(Cc1ccc(OC)cc1)C(=O)COc1cccc2ccccc12. The smallest absolute Gasteiger partial charge is 0.261 e. The van der Waals surface area contributed by atoms with Gasteiger partial charge < -0.3 is 19.7 Å². The Labute approximate surface area is 189 Å². The topological polar surface area (TPSA) is 67.9 Å². The highest BCUT2D eigenvalue weighted by Crippen LogP contribution is 2.25. The van der Waals surface area contributed by atoms with Crippen LogP contribution in [0, 0.1) is 0 Å². The van der Waals surface area contributed by atoms with E-state index in [0.717, 1.165) is 28.5 Å². The van der Waals surface area contributed by atoms with E-state index in [1.165, 1.54) is 0 Å². The van der Waals surface area contributed by atoms with Crippen molar-refractivity contribution in [1.29, 1.82) is 0 Å². The van der Waals surface area contributed by atoms with E-state index in [9.17, 15) is 9.59 Å². The van der Waals surface area contributed by atoms with Crippen molar-refractivity contribution in [2.45, 2.75) is 32.9 Å². The molecule has 0 radical (unpaired) electrons. The van der Waals surface area contributed by atoms with Crippen LogP contribution in [0.1, 0.15) is 25.8 Å². The Kier molecular flexibility index (Phi) is 8.08. The quantitative estimate of drug-likeness (QED) is 0.520. The third kappa shape index (κ3) is 5.78. The minimum Gasteiger partial charge on any atom is -0.497 e. The monoisotopic (exact) mass is 434 g/mol. The van der Waals surface area contributed by atoms with Crippen molar-refractivity contribution < 1.29 is 19.1 Å². The Morgan fingerprint density at radius 3 is 2.44 bits per heavy atom. The Morgan fingerprint density at radius 1 is 1.00 bits per heavy atom. The van der Waals surface area contributed by atoms with Gasteiger partial charge in [-0.2, -0.15) is 0 Å². The molecule has 1 N–H and O–H groups in total. The second kappa shape index (κ2) is 11.2. The third-order valence-corrected chi connectivity index (χ3v) is 5.33. The zero-order valence-corrected chi connectivity index (χ0v) is 18.8. The number of amides is 2. The van der Waals surface area contributed by atoms with Crippen molar-refractivity contribution >= 4 is 22.6 Å². The van der Waals surface area contributed by atoms with E-state index < -0.39 is 6.04 Å². The van der Waals surface area contributed by atoms with Crippen LogP contribution in [-0.4, -0.2) is 43.0 Å². The molecule has 3 aromatic carbocycles. The Morgan fingerprint density at radius 2 is 1.72 bits per heavy atom. The first-order valence-electron chi connectivity index (χ1n) is 10.8. The summed E-state index contributed by atoms with van der Waals surface area (Å²) in [5, 5.41) is 4.86. The highest BCUT2D eigenvalue weighted by atomic mass is 16.5. The molecule has 6 nitrogen and oxygen atoms in total. The lowest BCUT2D eigenvalue weighted by Crippen LogP contribution is -2.49. The minimum atomic E-state index is -0.632. The van der Waals surface area contributed by atoms with E-state index >= 15 is 0 Å². The molecule has 0 heterocycles. The molecule has 2 amide bonds. The number of nitrogens with one attached hydrogen (secondary N) is 1. The van der Waals surface area contributed by atoms with E-state index in [1.807, 2.05) is 73.7 Å². The number of hydrogen-bond donors (Lipinski definition) is 1. The zero-order chi connectivity index (χ0) is 22.9. The minimum absolute atomic E-state index is 0.157. The van der Waals surface area contributed by atoms with Crippen molar-refractivity contribution in [3.05, 3.63) is 72.3 Å². The van der Waals surface area contributed by atoms with Gasteiger partial charge in [-0.15, -0.1) is 0 Å². The summed E-state index contributed by atoms with van der Waals surface area (Å²) in [7, 11) is 1.61. The maximum Gasteiger partial charge on any atom is 0.261 e. The number of rotatable bonds is 10. The van der Waals surface area contributed by atoms with Gasteiger partial charge in [-0.3, -0.25) is 9.59 Å². The molecule has 0 aliphatic carbocycles. The van der Waals surface area contributed by atoms with E-state index in [1.54, 1.807) is 18.9 Å². The van der Waals surface area contributed by atoms with Gasteiger partial charge in [-0.05, 0) is 42.5 Å². The molecule has 0 spiro atoms. The van der Waals surface area contributed by atoms with Gasteiger partial charge in [0.2, 0.25) is 5.91 Å². The number of methoxy groups -OCH3 is 1. The summed E-state index contributed by atoms with van der Waals surface area (Å²) in [5.74, 6) is 0.940. The summed E-state index contributed by atoms with van der Waals surface area (Å²) in [6.45, 7) is 4.44. The van der Waals surface area contributed by atoms with Crippen LogP contribution >= 0.6 is 0 Å². The Hall–Kier alpha value is -3.54. The Bertz CT molecular complexity index is 1040. The van der Waals surface area contributed by atoms with Crippen molar-refractivity contribution in [3.63, 3.8) is 0 Å². The van der Waals surface area contributed by atoms with Gasteiger partial charge in [0, 0.05) is 18.5 Å². The van der Waals surface area contributed by atoms with Gasteiger partial charge in [-0.1, -0.05) is 55.5 Å². The lowest BCUT2D eigenvalue weighted by Gasteiger charge is -2.29. The first-order valence-corrected chi connectivity index (χ1v) is 10.8. The number of hydrogen-bond acceptors (Lipinski definition) is 4. The summed E-state index contributed by atoms with van der Waals surface area (Å²) in [6, 6.07) is 20.4. The van der Waals surface area contributed by atoms with Gasteiger partial charge in [-0.25, -0.2) is 0 Å². The molecule has 0 saturated carbocycles. The molecule has 0 aliphatic rings. The number of carbonyl (C=O) groups excluding carboxylic acids is 2. The van der Waals surface area contributed by atoms with Crippen LogP contribution in [0.25, 0.3) is 10.8 Å². The summed E-state index contributed by atoms with van der Waals surface area (Å²) in [6.07, 6.45) is 0.828. The van der Waals surface area contributed by atoms with Gasteiger partial charge >= 0.3 is 0 Å². The fourth-order valence-electron chi connectivity index (χ4n) is 3.45. The zero-order valence-electron chi connectivity index (χ0n) is 18.8. The molecular weight excluding hydrogens is 404 g/mol. The fraction of sp³-hybridized carbons (Fsp3) is 0.308. The molecule has 0 saturated heterocycles.